The Hall–Kier alpha value is -6.31. The molecule has 10 rings (SSSR count). The molecule has 11 heteroatoms. The molecule has 0 radical (unpaired) electrons. The van der Waals surface area contributed by atoms with E-state index < -0.39 is 5.54 Å². The molecule has 0 amide bonds. The Morgan fingerprint density at radius 1 is 0.893 bits per heavy atom. The monoisotopic (exact) mass is 759 g/mol. The third-order valence-corrected chi connectivity index (χ3v) is 11.6. The number of rotatable bonds is 10. The number of benzene rings is 3. The lowest BCUT2D eigenvalue weighted by Crippen LogP contribution is -2.52. The van der Waals surface area contributed by atoms with Gasteiger partial charge in [0.15, 0.2) is 17.2 Å². The first-order chi connectivity index (χ1) is 27.5. The number of anilines is 1. The molecule has 278 valence electrons. The number of hydrogen-bond acceptors (Lipinski definition) is 9. The van der Waals surface area contributed by atoms with Gasteiger partial charge >= 0.3 is 5.97 Å². The Balaban J connectivity index is 1.29. The van der Waals surface area contributed by atoms with Gasteiger partial charge < -0.3 is 19.0 Å². The van der Waals surface area contributed by atoms with Gasteiger partial charge in [0.25, 0.3) is 0 Å². The van der Waals surface area contributed by atoms with Gasteiger partial charge in [-0.05, 0) is 73.3 Å². The molecule has 0 saturated heterocycles. The number of halogens is 1. The molecule has 10 nitrogen and oxygen atoms in total. The van der Waals surface area contributed by atoms with E-state index in [4.69, 9.17) is 40.7 Å². The van der Waals surface area contributed by atoms with Crippen molar-refractivity contribution in [1.29, 1.82) is 5.26 Å². The number of furan rings is 1. The number of nitriles is 1. The molecular formula is C45H38ClN7O3. The van der Waals surface area contributed by atoms with E-state index in [0.29, 0.717) is 46.4 Å². The summed E-state index contributed by atoms with van der Waals surface area (Å²) in [4.78, 5) is 33.5. The quantitative estimate of drug-likeness (QED) is 0.107. The fraction of sp³-hybridized carbons (Fsp3) is 0.244. The van der Waals surface area contributed by atoms with Gasteiger partial charge in [0.1, 0.15) is 33.8 Å². The van der Waals surface area contributed by atoms with E-state index in [-0.39, 0.29) is 40.7 Å². The highest BCUT2D eigenvalue weighted by Crippen LogP contribution is 2.48. The van der Waals surface area contributed by atoms with Crippen LogP contribution in [0.4, 0.5) is 5.82 Å². The summed E-state index contributed by atoms with van der Waals surface area (Å²) in [6.07, 6.45) is 7.61. The van der Waals surface area contributed by atoms with Crippen LogP contribution in [0.1, 0.15) is 55.1 Å². The van der Waals surface area contributed by atoms with Crippen LogP contribution < -0.4 is 5.32 Å². The van der Waals surface area contributed by atoms with Crippen LogP contribution in [0.15, 0.2) is 126 Å². The molecular weight excluding hydrogens is 722 g/mol. The zero-order chi connectivity index (χ0) is 38.2. The number of nitrogens with zero attached hydrogens (tertiary/aromatic N) is 6. The molecule has 7 aromatic rings. The summed E-state index contributed by atoms with van der Waals surface area (Å²) in [5.41, 5.74) is 4.23. The zero-order valence-corrected chi connectivity index (χ0v) is 31.4. The number of carbonyl (C=O) groups excluding carboxylic acids is 1. The maximum Gasteiger partial charge on any atom is 0.311 e. The average molecular weight is 760 g/mol. The third-order valence-electron chi connectivity index (χ3n) is 11.4. The SMILES string of the molecule is CCOC(=O)[C@@H]1C2CCC(CC2)[C@H]1Nc1cc(-c2ccc(C#N)o2)nc(-c2cn(C(c3ccccc3)(c3ccccc3)c3ccccc3)c3ncc(Cl)nc23)n1. The number of carbonyl (C=O) groups is 1. The topological polar surface area (TPSA) is 132 Å². The molecule has 2 atom stereocenters. The van der Waals surface area contributed by atoms with Crippen molar-refractivity contribution >= 4 is 34.6 Å². The summed E-state index contributed by atoms with van der Waals surface area (Å²) in [6.45, 7) is 2.17. The Morgan fingerprint density at radius 2 is 1.52 bits per heavy atom. The van der Waals surface area contributed by atoms with E-state index in [0.717, 1.165) is 42.4 Å². The van der Waals surface area contributed by atoms with E-state index in [1.165, 1.54) is 0 Å². The van der Waals surface area contributed by atoms with Crippen LogP contribution in [0, 0.1) is 29.1 Å². The number of nitrogens with one attached hydrogen (secondary N) is 1. The minimum absolute atomic E-state index is 0.161. The van der Waals surface area contributed by atoms with Crippen molar-refractivity contribution in [2.45, 2.75) is 44.2 Å². The van der Waals surface area contributed by atoms with Gasteiger partial charge in [-0.25, -0.2) is 19.9 Å². The van der Waals surface area contributed by atoms with Crippen molar-refractivity contribution < 1.29 is 13.9 Å². The molecule has 3 fully saturated rings. The van der Waals surface area contributed by atoms with Crippen molar-refractivity contribution in [2.75, 3.05) is 11.9 Å². The van der Waals surface area contributed by atoms with E-state index in [1.54, 1.807) is 18.3 Å². The van der Waals surface area contributed by atoms with Crippen molar-refractivity contribution in [3.05, 3.63) is 149 Å². The first kappa shape index (κ1) is 35.4. The van der Waals surface area contributed by atoms with Gasteiger partial charge in [-0.1, -0.05) is 103 Å². The lowest BCUT2D eigenvalue weighted by atomic mass is 9.61. The fourth-order valence-electron chi connectivity index (χ4n) is 9.05. The Morgan fingerprint density at radius 3 is 2.11 bits per heavy atom. The van der Waals surface area contributed by atoms with Crippen LogP contribution in [0.2, 0.25) is 5.15 Å². The number of aromatic nitrogens is 5. The maximum atomic E-state index is 13.5. The second kappa shape index (κ2) is 14.7. The summed E-state index contributed by atoms with van der Waals surface area (Å²) < 4.78 is 13.7. The lowest BCUT2D eigenvalue weighted by molar-refractivity contribution is -0.154. The van der Waals surface area contributed by atoms with Gasteiger partial charge in [0, 0.05) is 18.3 Å². The van der Waals surface area contributed by atoms with Crippen LogP contribution in [-0.4, -0.2) is 43.1 Å². The summed E-state index contributed by atoms with van der Waals surface area (Å²) in [7, 11) is 0. The molecule has 0 spiro atoms. The third kappa shape index (κ3) is 6.09. The van der Waals surface area contributed by atoms with Crippen LogP contribution >= 0.6 is 11.6 Å². The molecule has 56 heavy (non-hydrogen) atoms. The van der Waals surface area contributed by atoms with E-state index in [2.05, 4.69) is 52.4 Å². The van der Waals surface area contributed by atoms with Gasteiger partial charge in [-0.2, -0.15) is 5.26 Å². The van der Waals surface area contributed by atoms with Crippen LogP contribution in [-0.2, 0) is 15.1 Å². The highest BCUT2D eigenvalue weighted by Gasteiger charge is 2.48. The van der Waals surface area contributed by atoms with Crippen molar-refractivity contribution in [2.24, 2.45) is 17.8 Å². The van der Waals surface area contributed by atoms with E-state index in [9.17, 15) is 10.1 Å². The zero-order valence-electron chi connectivity index (χ0n) is 30.7. The van der Waals surface area contributed by atoms with Crippen molar-refractivity contribution in [3.63, 3.8) is 0 Å². The summed E-state index contributed by atoms with van der Waals surface area (Å²) in [5, 5.41) is 13.5. The van der Waals surface area contributed by atoms with Crippen LogP contribution in [0.5, 0.6) is 0 Å². The Labute approximate surface area is 329 Å². The highest BCUT2D eigenvalue weighted by molar-refractivity contribution is 6.29. The van der Waals surface area contributed by atoms with Gasteiger partial charge in [0.05, 0.1) is 24.3 Å². The molecule has 3 aromatic carbocycles. The number of hydrogen-bond donors (Lipinski definition) is 1. The fourth-order valence-corrected chi connectivity index (χ4v) is 9.19. The van der Waals surface area contributed by atoms with Crippen molar-refractivity contribution in [3.8, 4) is 28.9 Å². The molecule has 4 aromatic heterocycles. The standard InChI is InChI=1S/C45H38ClN7O3/c1-2-55-44(54)39-28-18-20-29(21-19-28)40(39)51-38-24-35(36-23-22-33(25-47)56-36)49-42(52-38)34-27-53(43-41(34)50-37(46)26-48-43)45(30-12-6-3-7-13-30,31-14-8-4-9-15-31)32-16-10-5-11-17-32/h3-17,22-24,26-29,39-40H,2,18-21H2,1H3,(H,49,51,52)/t28?,29?,39-,40-/m1/s1. The molecule has 3 aliphatic carbocycles. The Kier molecular flexibility index (Phi) is 9.31. The average Bonchev–Trinajstić information content (AvgIpc) is 3.89. The van der Waals surface area contributed by atoms with Crippen molar-refractivity contribution in [1.82, 2.24) is 24.5 Å². The molecule has 3 saturated carbocycles. The normalized spacial score (nSPS) is 19.1. The first-order valence-electron chi connectivity index (χ1n) is 19.0. The van der Waals surface area contributed by atoms with Gasteiger partial charge in [0.2, 0.25) is 5.76 Å². The van der Waals surface area contributed by atoms with E-state index >= 15 is 0 Å². The predicted octanol–water partition coefficient (Wildman–Crippen LogP) is 9.29. The smallest absolute Gasteiger partial charge is 0.311 e. The number of fused-ring (bicyclic) bond motifs is 4. The number of esters is 1. The molecule has 0 aliphatic heterocycles. The largest absolute Gasteiger partial charge is 0.466 e. The second-order valence-electron chi connectivity index (χ2n) is 14.4. The summed E-state index contributed by atoms with van der Waals surface area (Å²) >= 11 is 6.64. The minimum Gasteiger partial charge on any atom is -0.466 e. The molecule has 3 aliphatic rings. The molecule has 0 unspecified atom stereocenters. The van der Waals surface area contributed by atoms with Crippen LogP contribution in [0.25, 0.3) is 34.0 Å². The van der Waals surface area contributed by atoms with Gasteiger partial charge in [-0.3, -0.25) is 4.79 Å². The number of ether oxygens (including phenoxy) is 1. The van der Waals surface area contributed by atoms with Gasteiger partial charge in [-0.15, -0.1) is 0 Å². The second-order valence-corrected chi connectivity index (χ2v) is 14.8. The Bertz CT molecular complexity index is 2460. The molecule has 1 N–H and O–H groups in total. The highest BCUT2D eigenvalue weighted by atomic mass is 35.5. The van der Waals surface area contributed by atoms with Crippen LogP contribution in [0.3, 0.4) is 0 Å². The lowest BCUT2D eigenvalue weighted by Gasteiger charge is -2.47. The van der Waals surface area contributed by atoms with E-state index in [1.807, 2.05) is 73.8 Å². The first-order valence-corrected chi connectivity index (χ1v) is 19.4. The molecule has 2 bridgehead atoms. The summed E-state index contributed by atoms with van der Waals surface area (Å²) in [5.74, 6) is 1.46. The summed E-state index contributed by atoms with van der Waals surface area (Å²) in [6, 6.07) is 38.0. The predicted molar refractivity (Wildman–Crippen MR) is 214 cm³/mol. The maximum absolute atomic E-state index is 13.5. The molecule has 4 heterocycles. The minimum atomic E-state index is -0.918.